The first-order valence-electron chi connectivity index (χ1n) is 6.90. The molecule has 0 fully saturated rings. The number of benzene rings is 1. The van der Waals surface area contributed by atoms with Crippen LogP contribution in [0.4, 0.5) is 13.2 Å². The third-order valence-corrected chi connectivity index (χ3v) is 3.07. The van der Waals surface area contributed by atoms with E-state index in [1.54, 1.807) is 18.2 Å². The molecule has 25 heavy (non-hydrogen) atoms. The molecule has 0 aliphatic carbocycles. The van der Waals surface area contributed by atoms with Gasteiger partial charge in [-0.05, 0) is 17.7 Å². The number of amides is 1. The number of halogens is 3. The smallest absolute Gasteiger partial charge is 0.454 e. The summed E-state index contributed by atoms with van der Waals surface area (Å²) in [6, 6.07) is 3.46. The van der Waals surface area contributed by atoms with Crippen LogP contribution in [0.25, 0.3) is 0 Å². The predicted molar refractivity (Wildman–Crippen MR) is 74.2 cm³/mol. The number of carbonyl (C=O) groups is 3. The number of rotatable bonds is 5. The van der Waals surface area contributed by atoms with Crippen molar-refractivity contribution in [1.29, 1.82) is 0 Å². The highest BCUT2D eigenvalue weighted by Gasteiger charge is 2.42. The lowest BCUT2D eigenvalue weighted by atomic mass is 10.1. The van der Waals surface area contributed by atoms with Gasteiger partial charge in [0.15, 0.2) is 11.5 Å². The molecule has 11 heteroatoms. The van der Waals surface area contributed by atoms with Gasteiger partial charge in [0.1, 0.15) is 0 Å². The minimum atomic E-state index is -5.30. The van der Waals surface area contributed by atoms with Crippen molar-refractivity contribution in [3.8, 4) is 11.5 Å². The fourth-order valence-electron chi connectivity index (χ4n) is 1.85. The minimum absolute atomic E-state index is 0.0414. The van der Waals surface area contributed by atoms with E-state index in [0.29, 0.717) is 17.1 Å². The van der Waals surface area contributed by atoms with Gasteiger partial charge in [-0.2, -0.15) is 13.2 Å². The summed E-state index contributed by atoms with van der Waals surface area (Å²) >= 11 is 0. The Morgan fingerprint density at radius 1 is 1.24 bits per heavy atom. The van der Waals surface area contributed by atoms with E-state index in [1.807, 2.05) is 0 Å². The van der Waals surface area contributed by atoms with Gasteiger partial charge in [-0.15, -0.1) is 0 Å². The second kappa shape index (κ2) is 7.38. The van der Waals surface area contributed by atoms with Crippen molar-refractivity contribution in [2.24, 2.45) is 5.73 Å². The maximum Gasteiger partial charge on any atom is 0.491 e. The topological polar surface area (TPSA) is 117 Å². The number of hydrogen-bond donors (Lipinski definition) is 2. The number of fused-ring (bicyclic) bond motifs is 1. The number of nitrogens with one attached hydrogen (secondary N) is 1. The first-order chi connectivity index (χ1) is 11.7. The molecule has 1 atom stereocenters. The Morgan fingerprint density at radius 2 is 1.92 bits per heavy atom. The van der Waals surface area contributed by atoms with Gasteiger partial charge >= 0.3 is 18.1 Å². The number of hydrogen-bond acceptors (Lipinski definition) is 7. The first kappa shape index (κ1) is 18.5. The molecule has 0 unspecified atom stereocenters. The van der Waals surface area contributed by atoms with Crippen LogP contribution in [0.3, 0.4) is 0 Å². The van der Waals surface area contributed by atoms with Crippen LogP contribution in [-0.2, 0) is 25.7 Å². The number of esters is 2. The largest absolute Gasteiger partial charge is 0.491 e. The maximum atomic E-state index is 12.0. The number of nitrogens with two attached hydrogens (primary N) is 1. The second-order valence-corrected chi connectivity index (χ2v) is 4.98. The van der Waals surface area contributed by atoms with Crippen LogP contribution >= 0.6 is 0 Å². The highest BCUT2D eigenvalue weighted by Crippen LogP contribution is 2.32. The number of carbonyl (C=O) groups excluding carboxylic acids is 3. The van der Waals surface area contributed by atoms with Gasteiger partial charge in [-0.25, -0.2) is 4.79 Å². The molecule has 1 heterocycles. The van der Waals surface area contributed by atoms with Crippen molar-refractivity contribution in [3.63, 3.8) is 0 Å². The summed E-state index contributed by atoms with van der Waals surface area (Å²) in [5, 5.41) is 2.40. The Labute approximate surface area is 139 Å². The van der Waals surface area contributed by atoms with E-state index in [9.17, 15) is 27.6 Å². The number of ether oxygens (including phenoxy) is 3. The third-order valence-electron chi connectivity index (χ3n) is 3.07. The zero-order valence-electron chi connectivity index (χ0n) is 12.6. The third kappa shape index (κ3) is 5.08. The van der Waals surface area contributed by atoms with Crippen molar-refractivity contribution in [3.05, 3.63) is 23.8 Å². The summed E-state index contributed by atoms with van der Waals surface area (Å²) in [4.78, 5) is 33.4. The standard InChI is InChI=1S/C14H13F3N2O6/c15-14(16,17)13(22)25-11(20)4-8(18)12(21)19-5-7-1-2-9-10(3-7)24-6-23-9/h1-3,8H,4-6,18H2,(H,19,21)/t8-/m0/s1. The Balaban J connectivity index is 1.80. The van der Waals surface area contributed by atoms with E-state index in [-0.39, 0.29) is 13.3 Å². The Kier molecular flexibility index (Phi) is 5.47. The lowest BCUT2D eigenvalue weighted by Crippen LogP contribution is -2.42. The van der Waals surface area contributed by atoms with Crippen LogP contribution in [0.1, 0.15) is 12.0 Å². The van der Waals surface area contributed by atoms with E-state index in [0.717, 1.165) is 0 Å². The van der Waals surface area contributed by atoms with Crippen LogP contribution < -0.4 is 20.5 Å². The molecule has 8 nitrogen and oxygen atoms in total. The summed E-state index contributed by atoms with van der Waals surface area (Å²) in [6.45, 7) is 0.133. The molecule has 1 aliphatic heterocycles. The van der Waals surface area contributed by atoms with E-state index in [1.165, 1.54) is 0 Å². The average Bonchev–Trinajstić information content (AvgIpc) is 2.98. The molecule has 2 rings (SSSR count). The molecule has 1 aromatic carbocycles. The van der Waals surface area contributed by atoms with Gasteiger partial charge < -0.3 is 25.3 Å². The fourth-order valence-corrected chi connectivity index (χ4v) is 1.85. The number of alkyl halides is 3. The van der Waals surface area contributed by atoms with Gasteiger partial charge in [-0.3, -0.25) is 9.59 Å². The van der Waals surface area contributed by atoms with Crippen LogP contribution in [0.5, 0.6) is 11.5 Å². The van der Waals surface area contributed by atoms with Crippen molar-refractivity contribution in [2.45, 2.75) is 25.2 Å². The van der Waals surface area contributed by atoms with E-state index in [4.69, 9.17) is 15.2 Å². The monoisotopic (exact) mass is 362 g/mol. The van der Waals surface area contributed by atoms with Gasteiger partial charge in [0.2, 0.25) is 12.7 Å². The summed E-state index contributed by atoms with van der Waals surface area (Å²) in [7, 11) is 0. The van der Waals surface area contributed by atoms with Crippen LogP contribution in [0.2, 0.25) is 0 Å². The highest BCUT2D eigenvalue weighted by atomic mass is 19.4. The minimum Gasteiger partial charge on any atom is -0.454 e. The molecular weight excluding hydrogens is 349 g/mol. The van der Waals surface area contributed by atoms with Crippen LogP contribution in [0, 0.1) is 0 Å². The Bertz CT molecular complexity index is 692. The van der Waals surface area contributed by atoms with Crippen molar-refractivity contribution >= 4 is 17.8 Å². The molecule has 0 saturated heterocycles. The molecule has 0 saturated carbocycles. The first-order valence-corrected chi connectivity index (χ1v) is 6.90. The molecular formula is C14H13F3N2O6. The van der Waals surface area contributed by atoms with Crippen molar-refractivity contribution < 1.29 is 41.8 Å². The van der Waals surface area contributed by atoms with Crippen molar-refractivity contribution in [2.75, 3.05) is 6.79 Å². The lowest BCUT2D eigenvalue weighted by Gasteiger charge is -2.12. The predicted octanol–water partition coefficient (Wildman–Crippen LogP) is 0.381. The summed E-state index contributed by atoms with van der Waals surface area (Å²) in [6.07, 6.45) is -6.18. The maximum absolute atomic E-state index is 12.0. The van der Waals surface area contributed by atoms with E-state index in [2.05, 4.69) is 10.1 Å². The summed E-state index contributed by atoms with van der Waals surface area (Å²) in [5.74, 6) is -3.94. The molecule has 0 radical (unpaired) electrons. The second-order valence-electron chi connectivity index (χ2n) is 4.98. The molecule has 136 valence electrons. The van der Waals surface area contributed by atoms with Crippen LogP contribution in [0.15, 0.2) is 18.2 Å². The SMILES string of the molecule is N[C@@H](CC(=O)OC(=O)C(F)(F)F)C(=O)NCc1ccc2c(c1)OCO2. The molecule has 1 aliphatic rings. The van der Waals surface area contributed by atoms with E-state index < -0.39 is 36.5 Å². The van der Waals surface area contributed by atoms with Gasteiger partial charge in [0, 0.05) is 6.54 Å². The summed E-state index contributed by atoms with van der Waals surface area (Å²) < 4.78 is 49.7. The molecule has 0 bridgehead atoms. The zero-order chi connectivity index (χ0) is 18.6. The Morgan fingerprint density at radius 3 is 2.60 bits per heavy atom. The molecule has 0 aromatic heterocycles. The Hall–Kier alpha value is -2.82. The quantitative estimate of drug-likeness (QED) is 0.574. The van der Waals surface area contributed by atoms with Crippen LogP contribution in [-0.4, -0.2) is 36.9 Å². The molecule has 1 amide bonds. The lowest BCUT2D eigenvalue weighted by molar-refractivity contribution is -0.202. The van der Waals surface area contributed by atoms with Gasteiger partial charge in [0.05, 0.1) is 12.5 Å². The van der Waals surface area contributed by atoms with Gasteiger partial charge in [0.25, 0.3) is 0 Å². The van der Waals surface area contributed by atoms with Gasteiger partial charge in [-0.1, -0.05) is 6.07 Å². The van der Waals surface area contributed by atoms with Crippen molar-refractivity contribution in [1.82, 2.24) is 5.32 Å². The molecule has 3 N–H and O–H groups in total. The fraction of sp³-hybridized carbons (Fsp3) is 0.357. The average molecular weight is 362 g/mol. The zero-order valence-corrected chi connectivity index (χ0v) is 12.6. The normalized spacial score (nSPS) is 13.9. The van der Waals surface area contributed by atoms with E-state index >= 15 is 0 Å². The highest BCUT2D eigenvalue weighted by molar-refractivity contribution is 5.92. The summed E-state index contributed by atoms with van der Waals surface area (Å²) in [5.41, 5.74) is 6.06. The molecule has 0 spiro atoms. The molecule has 1 aromatic rings.